The number of hydrogen-bond donors (Lipinski definition) is 0. The Morgan fingerprint density at radius 1 is 1.54 bits per heavy atom. The lowest BCUT2D eigenvalue weighted by atomic mass is 9.95. The van der Waals surface area contributed by atoms with Crippen molar-refractivity contribution in [3.8, 4) is 11.8 Å². The minimum Gasteiger partial charge on any atom is -0.332 e. The monoisotopic (exact) mass is 179 g/mol. The number of nitrogens with zero attached hydrogens (tertiary/aromatic N) is 1. The molecule has 1 aliphatic heterocycles. The van der Waals surface area contributed by atoms with Crippen LogP contribution in [0.3, 0.4) is 0 Å². The first-order chi connectivity index (χ1) is 6.15. The molecule has 13 heavy (non-hydrogen) atoms. The van der Waals surface area contributed by atoms with E-state index in [9.17, 15) is 4.79 Å². The average Bonchev–Trinajstić information content (AvgIpc) is 2.52. The summed E-state index contributed by atoms with van der Waals surface area (Å²) in [6, 6.07) is 0. The SMILES string of the molecule is CC#CC(=O)N1CCC(C(C)C)C1. The van der Waals surface area contributed by atoms with Gasteiger partial charge < -0.3 is 4.90 Å². The third-order valence-electron chi connectivity index (χ3n) is 2.69. The average molecular weight is 179 g/mol. The first-order valence-corrected chi connectivity index (χ1v) is 4.86. The summed E-state index contributed by atoms with van der Waals surface area (Å²) in [5, 5.41) is 0. The van der Waals surface area contributed by atoms with Gasteiger partial charge in [-0.15, -0.1) is 0 Å². The van der Waals surface area contributed by atoms with E-state index in [0.717, 1.165) is 19.5 Å². The van der Waals surface area contributed by atoms with Gasteiger partial charge in [-0.1, -0.05) is 19.8 Å². The van der Waals surface area contributed by atoms with Crippen LogP contribution in [0.15, 0.2) is 0 Å². The maximum atomic E-state index is 11.4. The van der Waals surface area contributed by atoms with Gasteiger partial charge in [-0.25, -0.2) is 0 Å². The standard InChI is InChI=1S/C11H17NO/c1-4-5-11(13)12-7-6-10(8-12)9(2)3/h9-10H,6-8H2,1-3H3. The minimum absolute atomic E-state index is 0.00866. The highest BCUT2D eigenvalue weighted by molar-refractivity contribution is 5.93. The van der Waals surface area contributed by atoms with Crippen LogP contribution in [0.4, 0.5) is 0 Å². The molecule has 1 saturated heterocycles. The van der Waals surface area contributed by atoms with Crippen LogP contribution in [-0.2, 0) is 4.79 Å². The number of hydrogen-bond acceptors (Lipinski definition) is 1. The van der Waals surface area contributed by atoms with Crippen LogP contribution in [0, 0.1) is 23.7 Å². The largest absolute Gasteiger partial charge is 0.332 e. The number of likely N-dealkylation sites (tertiary alicyclic amines) is 1. The van der Waals surface area contributed by atoms with E-state index in [2.05, 4.69) is 25.7 Å². The lowest BCUT2D eigenvalue weighted by Gasteiger charge is -2.15. The summed E-state index contributed by atoms with van der Waals surface area (Å²) < 4.78 is 0. The summed E-state index contributed by atoms with van der Waals surface area (Å²) in [5.74, 6) is 6.57. The number of amides is 1. The highest BCUT2D eigenvalue weighted by Gasteiger charge is 2.26. The third-order valence-corrected chi connectivity index (χ3v) is 2.69. The number of carbonyl (C=O) groups excluding carboxylic acids is 1. The molecule has 0 bridgehead atoms. The van der Waals surface area contributed by atoms with Crippen molar-refractivity contribution in [2.45, 2.75) is 27.2 Å². The van der Waals surface area contributed by atoms with Crippen LogP contribution in [0.2, 0.25) is 0 Å². The first-order valence-electron chi connectivity index (χ1n) is 4.86. The van der Waals surface area contributed by atoms with E-state index in [4.69, 9.17) is 0 Å². The fourth-order valence-corrected chi connectivity index (χ4v) is 1.70. The van der Waals surface area contributed by atoms with Gasteiger partial charge in [0.15, 0.2) is 0 Å². The Bertz CT molecular complexity index is 247. The molecule has 1 amide bonds. The van der Waals surface area contributed by atoms with Gasteiger partial charge in [0.25, 0.3) is 5.91 Å². The normalized spacial score (nSPS) is 21.5. The van der Waals surface area contributed by atoms with Crippen molar-refractivity contribution in [3.05, 3.63) is 0 Å². The van der Waals surface area contributed by atoms with Gasteiger partial charge >= 0.3 is 0 Å². The highest BCUT2D eigenvalue weighted by Crippen LogP contribution is 2.23. The Morgan fingerprint density at radius 2 is 2.23 bits per heavy atom. The molecular formula is C11H17NO. The highest BCUT2D eigenvalue weighted by atomic mass is 16.2. The first kappa shape index (κ1) is 10.1. The van der Waals surface area contributed by atoms with Crippen molar-refractivity contribution in [1.82, 2.24) is 4.90 Å². The molecule has 1 rings (SSSR count). The summed E-state index contributed by atoms with van der Waals surface area (Å²) in [4.78, 5) is 13.2. The molecule has 1 aliphatic rings. The van der Waals surface area contributed by atoms with E-state index in [1.54, 1.807) is 6.92 Å². The Kier molecular flexibility index (Phi) is 3.36. The molecule has 0 aromatic carbocycles. The Balaban J connectivity index is 2.48. The van der Waals surface area contributed by atoms with Crippen LogP contribution in [0.25, 0.3) is 0 Å². The third kappa shape index (κ3) is 2.48. The molecule has 1 heterocycles. The van der Waals surface area contributed by atoms with Crippen LogP contribution in [-0.4, -0.2) is 23.9 Å². The summed E-state index contributed by atoms with van der Waals surface area (Å²) in [6.07, 6.45) is 1.13. The van der Waals surface area contributed by atoms with Crippen molar-refractivity contribution in [2.24, 2.45) is 11.8 Å². The second-order valence-corrected chi connectivity index (χ2v) is 3.92. The van der Waals surface area contributed by atoms with E-state index in [0.29, 0.717) is 11.8 Å². The summed E-state index contributed by atoms with van der Waals surface area (Å²) in [6.45, 7) is 7.91. The number of carbonyl (C=O) groups is 1. The van der Waals surface area contributed by atoms with E-state index in [1.165, 1.54) is 0 Å². The van der Waals surface area contributed by atoms with Crippen LogP contribution >= 0.6 is 0 Å². The van der Waals surface area contributed by atoms with Crippen LogP contribution in [0.1, 0.15) is 27.2 Å². The molecule has 0 aromatic rings. The van der Waals surface area contributed by atoms with Gasteiger partial charge in [-0.3, -0.25) is 4.79 Å². The predicted octanol–water partition coefficient (Wildman–Crippen LogP) is 1.51. The molecule has 1 unspecified atom stereocenters. The molecule has 0 saturated carbocycles. The van der Waals surface area contributed by atoms with Crippen molar-refractivity contribution in [3.63, 3.8) is 0 Å². The van der Waals surface area contributed by atoms with E-state index < -0.39 is 0 Å². The Labute approximate surface area is 80.3 Å². The van der Waals surface area contributed by atoms with Gasteiger partial charge in [0.05, 0.1) is 0 Å². The van der Waals surface area contributed by atoms with Gasteiger partial charge in [-0.05, 0) is 31.1 Å². The molecule has 72 valence electrons. The second-order valence-electron chi connectivity index (χ2n) is 3.92. The molecule has 0 aromatic heterocycles. The zero-order valence-corrected chi connectivity index (χ0v) is 8.63. The van der Waals surface area contributed by atoms with E-state index in [-0.39, 0.29) is 5.91 Å². The fraction of sp³-hybridized carbons (Fsp3) is 0.727. The van der Waals surface area contributed by atoms with Gasteiger partial charge in [0.2, 0.25) is 0 Å². The quantitative estimate of drug-likeness (QED) is 0.559. The van der Waals surface area contributed by atoms with Crippen molar-refractivity contribution in [2.75, 3.05) is 13.1 Å². The Hall–Kier alpha value is -0.970. The molecule has 0 spiro atoms. The molecule has 1 atom stereocenters. The summed E-state index contributed by atoms with van der Waals surface area (Å²) in [5.41, 5.74) is 0. The Morgan fingerprint density at radius 3 is 2.69 bits per heavy atom. The zero-order valence-electron chi connectivity index (χ0n) is 8.63. The molecule has 1 fully saturated rings. The van der Waals surface area contributed by atoms with Crippen molar-refractivity contribution < 1.29 is 4.79 Å². The van der Waals surface area contributed by atoms with Crippen molar-refractivity contribution in [1.29, 1.82) is 0 Å². The van der Waals surface area contributed by atoms with Crippen molar-refractivity contribution >= 4 is 5.91 Å². The van der Waals surface area contributed by atoms with Gasteiger partial charge in [-0.2, -0.15) is 0 Å². The molecule has 0 N–H and O–H groups in total. The maximum absolute atomic E-state index is 11.4. The van der Waals surface area contributed by atoms with Gasteiger partial charge in [0, 0.05) is 13.1 Å². The smallest absolute Gasteiger partial charge is 0.298 e. The second kappa shape index (κ2) is 4.32. The predicted molar refractivity (Wildman–Crippen MR) is 53.0 cm³/mol. The van der Waals surface area contributed by atoms with E-state index >= 15 is 0 Å². The summed E-state index contributed by atoms with van der Waals surface area (Å²) >= 11 is 0. The molecular weight excluding hydrogens is 162 g/mol. The van der Waals surface area contributed by atoms with Crippen LogP contribution in [0.5, 0.6) is 0 Å². The van der Waals surface area contributed by atoms with Crippen LogP contribution < -0.4 is 0 Å². The maximum Gasteiger partial charge on any atom is 0.298 e. The van der Waals surface area contributed by atoms with E-state index in [1.807, 2.05) is 4.90 Å². The molecule has 0 aliphatic carbocycles. The number of rotatable bonds is 1. The molecule has 0 radical (unpaired) electrons. The fourth-order valence-electron chi connectivity index (χ4n) is 1.70. The lowest BCUT2D eigenvalue weighted by molar-refractivity contribution is -0.124. The van der Waals surface area contributed by atoms with Gasteiger partial charge in [0.1, 0.15) is 0 Å². The zero-order chi connectivity index (χ0) is 9.84. The summed E-state index contributed by atoms with van der Waals surface area (Å²) in [7, 11) is 0. The lowest BCUT2D eigenvalue weighted by Crippen LogP contribution is -2.27. The topological polar surface area (TPSA) is 20.3 Å². The minimum atomic E-state index is -0.00866. The molecule has 2 nitrogen and oxygen atoms in total. The molecule has 2 heteroatoms.